The zero-order valence-corrected chi connectivity index (χ0v) is 9.32. The molecule has 0 aliphatic heterocycles. The molecule has 1 atom stereocenters. The standard InChI is InChI=1S/C8H17N3O2S/c1-6(3-4-14-2)10-5-7(12)11-8(9)13/h6,10H,3-5H2,1-2H3,(H3,9,11,12,13). The Labute approximate surface area is 88.2 Å². The Morgan fingerprint density at radius 2 is 2.14 bits per heavy atom. The molecular formula is C8H17N3O2S. The van der Waals surface area contributed by atoms with Crippen molar-refractivity contribution >= 4 is 23.7 Å². The molecule has 0 heterocycles. The zero-order valence-electron chi connectivity index (χ0n) is 8.50. The highest BCUT2D eigenvalue weighted by atomic mass is 32.2. The molecule has 3 amide bonds. The number of carbonyl (C=O) groups excluding carboxylic acids is 2. The molecular weight excluding hydrogens is 202 g/mol. The first kappa shape index (κ1) is 13.2. The van der Waals surface area contributed by atoms with Crippen LogP contribution in [-0.2, 0) is 4.79 Å². The van der Waals surface area contributed by atoms with Crippen LogP contribution in [0.2, 0.25) is 0 Å². The highest BCUT2D eigenvalue weighted by Crippen LogP contribution is 1.98. The molecule has 0 saturated carbocycles. The molecule has 0 aromatic carbocycles. The van der Waals surface area contributed by atoms with Crippen LogP contribution >= 0.6 is 11.8 Å². The monoisotopic (exact) mass is 219 g/mol. The third kappa shape index (κ3) is 7.88. The van der Waals surface area contributed by atoms with Gasteiger partial charge in [0.15, 0.2) is 0 Å². The van der Waals surface area contributed by atoms with Crippen molar-refractivity contribution in [2.75, 3.05) is 18.6 Å². The Morgan fingerprint density at radius 3 is 2.64 bits per heavy atom. The summed E-state index contributed by atoms with van der Waals surface area (Å²) < 4.78 is 0. The van der Waals surface area contributed by atoms with E-state index in [0.29, 0.717) is 0 Å². The van der Waals surface area contributed by atoms with E-state index in [-0.39, 0.29) is 12.6 Å². The Hall–Kier alpha value is -0.750. The molecule has 82 valence electrons. The number of amides is 3. The molecule has 0 saturated heterocycles. The van der Waals surface area contributed by atoms with Gasteiger partial charge in [-0.25, -0.2) is 4.79 Å². The lowest BCUT2D eigenvalue weighted by Crippen LogP contribution is -2.42. The summed E-state index contributed by atoms with van der Waals surface area (Å²) in [5.41, 5.74) is 4.78. The summed E-state index contributed by atoms with van der Waals surface area (Å²) >= 11 is 1.76. The van der Waals surface area contributed by atoms with Crippen LogP contribution in [0, 0.1) is 0 Å². The number of nitrogens with one attached hydrogen (secondary N) is 2. The quantitative estimate of drug-likeness (QED) is 0.583. The maximum Gasteiger partial charge on any atom is 0.318 e. The van der Waals surface area contributed by atoms with Gasteiger partial charge >= 0.3 is 6.03 Å². The number of hydrogen-bond donors (Lipinski definition) is 3. The van der Waals surface area contributed by atoms with Crippen molar-refractivity contribution in [2.45, 2.75) is 19.4 Å². The van der Waals surface area contributed by atoms with Gasteiger partial charge in [-0.2, -0.15) is 11.8 Å². The van der Waals surface area contributed by atoms with Gasteiger partial charge < -0.3 is 11.1 Å². The highest BCUT2D eigenvalue weighted by molar-refractivity contribution is 7.98. The minimum Gasteiger partial charge on any atom is -0.351 e. The second-order valence-corrected chi connectivity index (χ2v) is 3.96. The van der Waals surface area contributed by atoms with Gasteiger partial charge in [-0.3, -0.25) is 10.1 Å². The predicted molar refractivity (Wildman–Crippen MR) is 58.2 cm³/mol. The SMILES string of the molecule is CSCCC(C)NCC(=O)NC(N)=O. The second kappa shape index (κ2) is 7.64. The Bertz CT molecular complexity index is 199. The third-order valence-electron chi connectivity index (χ3n) is 1.63. The van der Waals surface area contributed by atoms with Crippen molar-refractivity contribution in [3.8, 4) is 0 Å². The maximum atomic E-state index is 11.0. The summed E-state index contributed by atoms with van der Waals surface area (Å²) in [6, 6.07) is -0.547. The van der Waals surface area contributed by atoms with Crippen LogP contribution in [0.25, 0.3) is 0 Å². The summed E-state index contributed by atoms with van der Waals surface area (Å²) in [6.07, 6.45) is 3.03. The number of rotatable bonds is 6. The van der Waals surface area contributed by atoms with E-state index in [9.17, 15) is 9.59 Å². The van der Waals surface area contributed by atoms with Crippen molar-refractivity contribution in [2.24, 2.45) is 5.73 Å². The average Bonchev–Trinajstić information content (AvgIpc) is 2.10. The molecule has 0 rings (SSSR count). The molecule has 0 spiro atoms. The maximum absolute atomic E-state index is 11.0. The number of urea groups is 1. The van der Waals surface area contributed by atoms with Crippen LogP contribution in [0.3, 0.4) is 0 Å². The molecule has 0 aromatic heterocycles. The van der Waals surface area contributed by atoms with Gasteiger partial charge in [0.05, 0.1) is 6.54 Å². The number of hydrogen-bond acceptors (Lipinski definition) is 4. The largest absolute Gasteiger partial charge is 0.351 e. The van der Waals surface area contributed by atoms with Crippen molar-refractivity contribution in [3.05, 3.63) is 0 Å². The Morgan fingerprint density at radius 1 is 1.50 bits per heavy atom. The summed E-state index contributed by atoms with van der Waals surface area (Å²) in [6.45, 7) is 2.12. The van der Waals surface area contributed by atoms with Crippen LogP contribution < -0.4 is 16.4 Å². The smallest absolute Gasteiger partial charge is 0.318 e. The molecule has 1 unspecified atom stereocenters. The molecule has 0 aromatic rings. The van der Waals surface area contributed by atoms with Gasteiger partial charge in [-0.15, -0.1) is 0 Å². The van der Waals surface area contributed by atoms with Crippen LogP contribution in [-0.4, -0.2) is 36.5 Å². The first-order valence-electron chi connectivity index (χ1n) is 4.38. The summed E-state index contributed by atoms with van der Waals surface area (Å²) in [7, 11) is 0. The fraction of sp³-hybridized carbons (Fsp3) is 0.750. The van der Waals surface area contributed by atoms with E-state index in [1.54, 1.807) is 11.8 Å². The van der Waals surface area contributed by atoms with Gasteiger partial charge in [-0.05, 0) is 25.4 Å². The molecule has 0 aliphatic carbocycles. The topological polar surface area (TPSA) is 84.2 Å². The minimum atomic E-state index is -0.812. The van der Waals surface area contributed by atoms with E-state index in [1.807, 2.05) is 18.5 Å². The normalized spacial score (nSPS) is 12.1. The summed E-state index contributed by atoms with van der Waals surface area (Å²) in [5.74, 6) is 0.652. The molecule has 4 N–H and O–H groups in total. The number of nitrogens with two attached hydrogens (primary N) is 1. The summed E-state index contributed by atoms with van der Waals surface area (Å²) in [5, 5.41) is 4.98. The van der Waals surface area contributed by atoms with Crippen LogP contribution in [0.5, 0.6) is 0 Å². The fourth-order valence-electron chi connectivity index (χ4n) is 0.845. The lowest BCUT2D eigenvalue weighted by atomic mass is 10.2. The number of primary amides is 1. The van der Waals surface area contributed by atoms with Crippen LogP contribution in [0.15, 0.2) is 0 Å². The predicted octanol–water partition coefficient (Wildman–Crippen LogP) is -0.0875. The third-order valence-corrected chi connectivity index (χ3v) is 2.27. The van der Waals surface area contributed by atoms with Crippen molar-refractivity contribution in [1.29, 1.82) is 0 Å². The molecule has 5 nitrogen and oxygen atoms in total. The zero-order chi connectivity index (χ0) is 11.0. The first-order valence-corrected chi connectivity index (χ1v) is 5.77. The van der Waals surface area contributed by atoms with Crippen molar-refractivity contribution in [1.82, 2.24) is 10.6 Å². The van der Waals surface area contributed by atoms with E-state index >= 15 is 0 Å². The fourth-order valence-corrected chi connectivity index (χ4v) is 1.43. The van der Waals surface area contributed by atoms with E-state index in [1.165, 1.54) is 0 Å². The molecule has 6 heteroatoms. The second-order valence-electron chi connectivity index (χ2n) is 2.98. The van der Waals surface area contributed by atoms with Crippen molar-refractivity contribution < 1.29 is 9.59 Å². The number of carbonyl (C=O) groups is 2. The summed E-state index contributed by atoms with van der Waals surface area (Å²) in [4.78, 5) is 21.2. The lowest BCUT2D eigenvalue weighted by Gasteiger charge is -2.11. The Balaban J connectivity index is 3.50. The molecule has 0 bridgehead atoms. The van der Waals surface area contributed by atoms with Gasteiger partial charge in [0.2, 0.25) is 5.91 Å². The van der Waals surface area contributed by atoms with Gasteiger partial charge in [-0.1, -0.05) is 0 Å². The number of thioether (sulfide) groups is 1. The van der Waals surface area contributed by atoms with Gasteiger partial charge in [0, 0.05) is 6.04 Å². The van der Waals surface area contributed by atoms with E-state index in [0.717, 1.165) is 12.2 Å². The van der Waals surface area contributed by atoms with Crippen molar-refractivity contribution in [3.63, 3.8) is 0 Å². The highest BCUT2D eigenvalue weighted by Gasteiger charge is 2.06. The van der Waals surface area contributed by atoms with Gasteiger partial charge in [0.1, 0.15) is 0 Å². The Kier molecular flexibility index (Phi) is 7.23. The average molecular weight is 219 g/mol. The van der Waals surface area contributed by atoms with E-state index in [4.69, 9.17) is 5.73 Å². The first-order chi connectivity index (χ1) is 6.56. The lowest BCUT2D eigenvalue weighted by molar-refractivity contribution is -0.119. The number of imide groups is 1. The van der Waals surface area contributed by atoms with Crippen LogP contribution in [0.1, 0.15) is 13.3 Å². The molecule has 0 aliphatic rings. The van der Waals surface area contributed by atoms with E-state index in [2.05, 4.69) is 5.32 Å². The molecule has 0 radical (unpaired) electrons. The van der Waals surface area contributed by atoms with Gasteiger partial charge in [0.25, 0.3) is 0 Å². The van der Waals surface area contributed by atoms with E-state index < -0.39 is 11.9 Å². The van der Waals surface area contributed by atoms with Crippen LogP contribution in [0.4, 0.5) is 4.79 Å². The molecule has 0 fully saturated rings. The minimum absolute atomic E-state index is 0.123. The molecule has 14 heavy (non-hydrogen) atoms.